The van der Waals surface area contributed by atoms with E-state index in [1.807, 2.05) is 10.6 Å². The monoisotopic (exact) mass is 385 g/mol. The second kappa shape index (κ2) is 7.34. The summed E-state index contributed by atoms with van der Waals surface area (Å²) in [5.74, 6) is 0.706. The minimum absolute atomic E-state index is 0.156. The molecule has 2 aliphatic rings. The SMILES string of the molecule is N#Cc1cc2cnc(Nc3ccc4c(c3)CNCC4)cc2n(C2CCCC2)c1=O. The Hall–Kier alpha value is -3.17. The molecule has 1 aliphatic heterocycles. The lowest BCUT2D eigenvalue weighted by atomic mass is 10.0. The highest BCUT2D eigenvalue weighted by atomic mass is 16.1. The van der Waals surface area contributed by atoms with Gasteiger partial charge in [0.1, 0.15) is 17.5 Å². The number of fused-ring (bicyclic) bond motifs is 2. The summed E-state index contributed by atoms with van der Waals surface area (Å²) in [7, 11) is 0. The summed E-state index contributed by atoms with van der Waals surface area (Å²) in [6.07, 6.45) is 7.01. The van der Waals surface area contributed by atoms with Crippen molar-refractivity contribution in [3.05, 3.63) is 63.6 Å². The molecule has 3 aromatic rings. The van der Waals surface area contributed by atoms with E-state index in [0.717, 1.165) is 61.8 Å². The molecule has 0 spiro atoms. The summed E-state index contributed by atoms with van der Waals surface area (Å²) in [6.45, 7) is 1.91. The predicted octanol–water partition coefficient (Wildman–Crippen LogP) is 3.77. The van der Waals surface area contributed by atoms with E-state index >= 15 is 0 Å². The zero-order valence-corrected chi connectivity index (χ0v) is 16.2. The molecule has 1 aromatic carbocycles. The lowest BCUT2D eigenvalue weighted by Crippen LogP contribution is -2.26. The van der Waals surface area contributed by atoms with Crippen LogP contribution >= 0.6 is 0 Å². The molecule has 2 aromatic heterocycles. The average Bonchev–Trinajstić information content (AvgIpc) is 3.27. The van der Waals surface area contributed by atoms with Gasteiger partial charge in [0.25, 0.3) is 5.56 Å². The fourth-order valence-electron chi connectivity index (χ4n) is 4.61. The molecule has 1 aliphatic carbocycles. The van der Waals surface area contributed by atoms with Crippen molar-refractivity contribution in [3.8, 4) is 6.07 Å². The van der Waals surface area contributed by atoms with E-state index in [1.54, 1.807) is 12.3 Å². The van der Waals surface area contributed by atoms with Crippen molar-refractivity contribution in [2.75, 3.05) is 11.9 Å². The molecule has 146 valence electrons. The number of nitriles is 1. The lowest BCUT2D eigenvalue weighted by Gasteiger charge is -2.19. The van der Waals surface area contributed by atoms with E-state index in [4.69, 9.17) is 0 Å². The van der Waals surface area contributed by atoms with E-state index in [1.165, 1.54) is 11.1 Å². The van der Waals surface area contributed by atoms with E-state index in [2.05, 4.69) is 39.9 Å². The molecule has 2 N–H and O–H groups in total. The molecule has 0 radical (unpaired) electrons. The molecule has 6 heteroatoms. The molecule has 6 nitrogen and oxygen atoms in total. The van der Waals surface area contributed by atoms with Crippen molar-refractivity contribution in [3.63, 3.8) is 0 Å². The van der Waals surface area contributed by atoms with Gasteiger partial charge in [0.05, 0.1) is 5.52 Å². The van der Waals surface area contributed by atoms with Crippen LogP contribution < -0.4 is 16.2 Å². The van der Waals surface area contributed by atoms with Gasteiger partial charge in [0.2, 0.25) is 0 Å². The maximum atomic E-state index is 12.9. The van der Waals surface area contributed by atoms with Gasteiger partial charge in [-0.2, -0.15) is 5.26 Å². The normalized spacial score (nSPS) is 16.5. The molecule has 0 amide bonds. The third-order valence-electron chi connectivity index (χ3n) is 6.10. The Kier molecular flexibility index (Phi) is 4.53. The lowest BCUT2D eigenvalue weighted by molar-refractivity contribution is 0.519. The minimum Gasteiger partial charge on any atom is -0.340 e. The molecule has 5 rings (SSSR count). The number of hydrogen-bond donors (Lipinski definition) is 2. The van der Waals surface area contributed by atoms with Gasteiger partial charge in [0, 0.05) is 35.9 Å². The fraction of sp³-hybridized carbons (Fsp3) is 0.348. The second-order valence-corrected chi connectivity index (χ2v) is 7.95. The first kappa shape index (κ1) is 17.9. The van der Waals surface area contributed by atoms with Crippen molar-refractivity contribution < 1.29 is 0 Å². The number of nitrogens with one attached hydrogen (secondary N) is 2. The maximum Gasteiger partial charge on any atom is 0.269 e. The Balaban J connectivity index is 1.57. The standard InChI is InChI=1S/C23H23N5O/c24-12-16-9-18-14-26-22(11-21(18)28(23(16)29)20-3-1-2-4-20)27-19-6-5-15-7-8-25-13-17(15)10-19/h5-6,9-11,14,20,25H,1-4,7-8,13H2,(H,26,27). The number of benzene rings is 1. The summed E-state index contributed by atoms with van der Waals surface area (Å²) in [5, 5.41) is 17.0. The molecule has 29 heavy (non-hydrogen) atoms. The molecule has 0 bridgehead atoms. The molecule has 0 unspecified atom stereocenters. The molecule has 1 fully saturated rings. The highest BCUT2D eigenvalue weighted by Crippen LogP contribution is 2.32. The predicted molar refractivity (Wildman–Crippen MR) is 113 cm³/mol. The molecule has 0 atom stereocenters. The van der Waals surface area contributed by atoms with Gasteiger partial charge in [-0.3, -0.25) is 4.79 Å². The Morgan fingerprint density at radius 1 is 1.17 bits per heavy atom. The van der Waals surface area contributed by atoms with Crippen LogP contribution in [0.3, 0.4) is 0 Å². The Labute approximate surface area is 169 Å². The first-order chi connectivity index (χ1) is 14.2. The molecule has 3 heterocycles. The van der Waals surface area contributed by atoms with Crippen molar-refractivity contribution in [1.29, 1.82) is 5.26 Å². The molecule has 1 saturated carbocycles. The first-order valence-corrected chi connectivity index (χ1v) is 10.3. The van der Waals surface area contributed by atoms with E-state index in [-0.39, 0.29) is 17.2 Å². The van der Waals surface area contributed by atoms with Crippen LogP contribution in [-0.4, -0.2) is 16.1 Å². The molecular formula is C23H23N5O. The maximum absolute atomic E-state index is 12.9. The molecular weight excluding hydrogens is 362 g/mol. The van der Waals surface area contributed by atoms with E-state index in [9.17, 15) is 10.1 Å². The third-order valence-corrected chi connectivity index (χ3v) is 6.10. The van der Waals surface area contributed by atoms with Gasteiger partial charge < -0.3 is 15.2 Å². The van der Waals surface area contributed by atoms with Gasteiger partial charge in [-0.15, -0.1) is 0 Å². The van der Waals surface area contributed by atoms with Crippen molar-refractivity contribution in [1.82, 2.24) is 14.9 Å². The number of aromatic nitrogens is 2. The second-order valence-electron chi connectivity index (χ2n) is 7.95. The van der Waals surface area contributed by atoms with Crippen LogP contribution in [0.1, 0.15) is 48.4 Å². The van der Waals surface area contributed by atoms with Crippen LogP contribution in [0.2, 0.25) is 0 Å². The van der Waals surface area contributed by atoms with Gasteiger partial charge in [-0.05, 0) is 55.1 Å². The van der Waals surface area contributed by atoms with Crippen LogP contribution in [0.15, 0.2) is 41.3 Å². The number of anilines is 2. The third kappa shape index (κ3) is 3.28. The summed E-state index contributed by atoms with van der Waals surface area (Å²) >= 11 is 0. The van der Waals surface area contributed by atoms with Crippen molar-refractivity contribution in [2.24, 2.45) is 0 Å². The highest BCUT2D eigenvalue weighted by molar-refractivity contribution is 5.82. The zero-order valence-electron chi connectivity index (χ0n) is 16.2. The van der Waals surface area contributed by atoms with Crippen LogP contribution in [0.25, 0.3) is 10.9 Å². The quantitative estimate of drug-likeness (QED) is 0.717. The summed E-state index contributed by atoms with van der Waals surface area (Å²) in [4.78, 5) is 17.5. The van der Waals surface area contributed by atoms with Crippen LogP contribution in [0.4, 0.5) is 11.5 Å². The fourth-order valence-corrected chi connectivity index (χ4v) is 4.61. The topological polar surface area (TPSA) is 82.7 Å². The Bertz CT molecular complexity index is 1180. The number of rotatable bonds is 3. The average molecular weight is 385 g/mol. The van der Waals surface area contributed by atoms with E-state index < -0.39 is 0 Å². The number of nitrogens with zero attached hydrogens (tertiary/aromatic N) is 3. The van der Waals surface area contributed by atoms with Crippen molar-refractivity contribution >= 4 is 22.4 Å². The summed E-state index contributed by atoms with van der Waals surface area (Å²) in [6, 6.07) is 12.2. The van der Waals surface area contributed by atoms with Crippen molar-refractivity contribution in [2.45, 2.75) is 44.7 Å². The number of pyridine rings is 2. The summed E-state index contributed by atoms with van der Waals surface area (Å²) < 4.78 is 1.82. The van der Waals surface area contributed by atoms with Crippen LogP contribution in [0.5, 0.6) is 0 Å². The number of hydrogen-bond acceptors (Lipinski definition) is 5. The smallest absolute Gasteiger partial charge is 0.269 e. The van der Waals surface area contributed by atoms with E-state index in [0.29, 0.717) is 5.82 Å². The molecule has 0 saturated heterocycles. The van der Waals surface area contributed by atoms with Crippen LogP contribution in [0, 0.1) is 11.3 Å². The van der Waals surface area contributed by atoms with Gasteiger partial charge in [-0.1, -0.05) is 18.9 Å². The Morgan fingerprint density at radius 3 is 2.86 bits per heavy atom. The largest absolute Gasteiger partial charge is 0.340 e. The first-order valence-electron chi connectivity index (χ1n) is 10.3. The highest BCUT2D eigenvalue weighted by Gasteiger charge is 2.22. The Morgan fingerprint density at radius 2 is 2.03 bits per heavy atom. The summed E-state index contributed by atoms with van der Waals surface area (Å²) in [5.41, 5.74) is 4.53. The van der Waals surface area contributed by atoms with Crippen LogP contribution in [-0.2, 0) is 13.0 Å². The van der Waals surface area contributed by atoms with Gasteiger partial charge >= 0.3 is 0 Å². The van der Waals surface area contributed by atoms with Gasteiger partial charge in [-0.25, -0.2) is 4.98 Å². The van der Waals surface area contributed by atoms with Gasteiger partial charge in [0.15, 0.2) is 0 Å². The minimum atomic E-state index is -0.191. The zero-order chi connectivity index (χ0) is 19.8.